The lowest BCUT2D eigenvalue weighted by molar-refractivity contribution is -0.160. The van der Waals surface area contributed by atoms with Gasteiger partial charge in [0.15, 0.2) is 6.61 Å². The summed E-state index contributed by atoms with van der Waals surface area (Å²) in [6.07, 6.45) is 0.975. The number of para-hydroxylation sites is 1. The average molecular weight is 334 g/mol. The van der Waals surface area contributed by atoms with Gasteiger partial charge in [-0.2, -0.15) is 0 Å². The van der Waals surface area contributed by atoms with E-state index in [4.69, 9.17) is 14.6 Å². The summed E-state index contributed by atoms with van der Waals surface area (Å²) in [5.74, 6) is -0.389. The molecule has 2 aliphatic heterocycles. The second kappa shape index (κ2) is 7.19. The molecule has 0 aromatic heterocycles. The Morgan fingerprint density at radius 2 is 2.21 bits per heavy atom. The van der Waals surface area contributed by atoms with Crippen molar-refractivity contribution in [3.05, 3.63) is 29.8 Å². The van der Waals surface area contributed by atoms with Crippen LogP contribution < -0.4 is 4.74 Å². The summed E-state index contributed by atoms with van der Waals surface area (Å²) < 4.78 is 11.0. The highest BCUT2D eigenvalue weighted by Crippen LogP contribution is 2.26. The third kappa shape index (κ3) is 3.68. The summed E-state index contributed by atoms with van der Waals surface area (Å²) >= 11 is 0. The Morgan fingerprint density at radius 1 is 1.42 bits per heavy atom. The number of rotatable bonds is 5. The van der Waals surface area contributed by atoms with Gasteiger partial charge in [0.2, 0.25) is 5.91 Å². The van der Waals surface area contributed by atoms with Gasteiger partial charge < -0.3 is 19.5 Å². The first-order valence-corrected chi connectivity index (χ1v) is 8.06. The minimum Gasteiger partial charge on any atom is -0.482 e. The number of hydrogen-bond donors (Lipinski definition) is 1. The summed E-state index contributed by atoms with van der Waals surface area (Å²) in [5.41, 5.74) is 0.947. The maximum atomic E-state index is 11.8. The third-order valence-electron chi connectivity index (χ3n) is 4.63. The van der Waals surface area contributed by atoms with Crippen molar-refractivity contribution in [2.24, 2.45) is 0 Å². The molecule has 7 heteroatoms. The number of carboxylic acids is 1. The second-order valence-electron chi connectivity index (χ2n) is 6.24. The van der Waals surface area contributed by atoms with E-state index >= 15 is 0 Å². The Morgan fingerprint density at radius 3 is 3.00 bits per heavy atom. The Kier molecular flexibility index (Phi) is 5.01. The summed E-state index contributed by atoms with van der Waals surface area (Å²) in [6, 6.07) is 7.52. The topological polar surface area (TPSA) is 79.3 Å². The molecule has 2 heterocycles. The summed E-state index contributed by atoms with van der Waals surface area (Å²) in [6.45, 7) is 2.08. The van der Waals surface area contributed by atoms with Crippen LogP contribution in [0.5, 0.6) is 5.75 Å². The molecule has 24 heavy (non-hydrogen) atoms. The standard InChI is InChI=1S/C17H22N2O5/c1-18-13-9-19(7-6-15(13)23-10-16(18)20)8-12-4-2-3-5-14(12)24-11-17(21)22/h2-5,13,15H,6-11H2,1H3,(H,21,22)/t13-,15+/m0/s1. The molecule has 2 saturated heterocycles. The van der Waals surface area contributed by atoms with Crippen LogP contribution in [-0.2, 0) is 20.9 Å². The number of fused-ring (bicyclic) bond motifs is 1. The number of morpholine rings is 1. The van der Waals surface area contributed by atoms with Crippen molar-refractivity contribution < 1.29 is 24.2 Å². The zero-order valence-electron chi connectivity index (χ0n) is 13.7. The van der Waals surface area contributed by atoms with Crippen LogP contribution in [0.1, 0.15) is 12.0 Å². The number of hydrogen-bond acceptors (Lipinski definition) is 5. The zero-order chi connectivity index (χ0) is 17.1. The fourth-order valence-corrected chi connectivity index (χ4v) is 3.31. The maximum absolute atomic E-state index is 11.8. The van der Waals surface area contributed by atoms with Crippen LogP contribution in [0.25, 0.3) is 0 Å². The number of likely N-dealkylation sites (tertiary alicyclic amines) is 1. The van der Waals surface area contributed by atoms with Crippen molar-refractivity contribution in [3.8, 4) is 5.75 Å². The average Bonchev–Trinajstić information content (AvgIpc) is 2.58. The highest BCUT2D eigenvalue weighted by atomic mass is 16.5. The largest absolute Gasteiger partial charge is 0.482 e. The van der Waals surface area contributed by atoms with E-state index in [0.29, 0.717) is 12.3 Å². The van der Waals surface area contributed by atoms with E-state index < -0.39 is 5.97 Å². The fourth-order valence-electron chi connectivity index (χ4n) is 3.31. The molecule has 2 fully saturated rings. The predicted octanol–water partition coefficient (Wildman–Crippen LogP) is 0.581. The number of ether oxygens (including phenoxy) is 2. The number of likely N-dealkylation sites (N-methyl/N-ethyl adjacent to an activating group) is 1. The van der Waals surface area contributed by atoms with Gasteiger partial charge in [0.05, 0.1) is 12.1 Å². The molecular formula is C17H22N2O5. The van der Waals surface area contributed by atoms with Gasteiger partial charge >= 0.3 is 5.97 Å². The van der Waals surface area contributed by atoms with Gasteiger partial charge in [0, 0.05) is 32.2 Å². The fraction of sp³-hybridized carbons (Fsp3) is 0.529. The number of carbonyl (C=O) groups is 2. The molecule has 1 aromatic carbocycles. The monoisotopic (exact) mass is 334 g/mol. The molecular weight excluding hydrogens is 312 g/mol. The van der Waals surface area contributed by atoms with Crippen molar-refractivity contribution >= 4 is 11.9 Å². The number of amides is 1. The third-order valence-corrected chi connectivity index (χ3v) is 4.63. The molecule has 0 aliphatic carbocycles. The molecule has 0 unspecified atom stereocenters. The lowest BCUT2D eigenvalue weighted by Crippen LogP contribution is -2.60. The van der Waals surface area contributed by atoms with Gasteiger partial charge in [-0.1, -0.05) is 18.2 Å². The predicted molar refractivity (Wildman–Crippen MR) is 85.8 cm³/mol. The number of benzene rings is 1. The molecule has 0 bridgehead atoms. The van der Waals surface area contributed by atoms with Crippen LogP contribution >= 0.6 is 0 Å². The first-order chi connectivity index (χ1) is 11.5. The van der Waals surface area contributed by atoms with Crippen molar-refractivity contribution in [1.82, 2.24) is 9.80 Å². The molecule has 130 valence electrons. The Labute approximate surface area is 140 Å². The van der Waals surface area contributed by atoms with Crippen LogP contribution in [0.2, 0.25) is 0 Å². The van der Waals surface area contributed by atoms with E-state index in [0.717, 1.165) is 25.1 Å². The van der Waals surface area contributed by atoms with Crippen molar-refractivity contribution in [1.29, 1.82) is 0 Å². The number of piperidine rings is 1. The minimum atomic E-state index is -0.995. The molecule has 1 N–H and O–H groups in total. The number of aliphatic carboxylic acids is 1. The molecule has 1 aromatic rings. The van der Waals surface area contributed by atoms with Crippen molar-refractivity contribution in [2.45, 2.75) is 25.1 Å². The molecule has 0 saturated carbocycles. The van der Waals surface area contributed by atoms with Crippen LogP contribution in [-0.4, -0.2) is 72.3 Å². The lowest BCUT2D eigenvalue weighted by Gasteiger charge is -2.45. The molecule has 7 nitrogen and oxygen atoms in total. The van der Waals surface area contributed by atoms with Gasteiger partial charge in [0.25, 0.3) is 0 Å². The highest BCUT2D eigenvalue weighted by molar-refractivity contribution is 5.78. The lowest BCUT2D eigenvalue weighted by atomic mass is 9.98. The zero-order valence-corrected chi connectivity index (χ0v) is 13.7. The van der Waals surface area contributed by atoms with E-state index in [1.54, 1.807) is 11.0 Å². The molecule has 2 aliphatic rings. The summed E-state index contributed by atoms with van der Waals surface area (Å²) in [4.78, 5) is 26.6. The summed E-state index contributed by atoms with van der Waals surface area (Å²) in [7, 11) is 1.83. The first kappa shape index (κ1) is 16.7. The van der Waals surface area contributed by atoms with Crippen LogP contribution in [0, 0.1) is 0 Å². The number of carbonyl (C=O) groups excluding carboxylic acids is 1. The van der Waals surface area contributed by atoms with Gasteiger partial charge in [-0.25, -0.2) is 4.79 Å². The molecule has 2 atom stereocenters. The quantitative estimate of drug-likeness (QED) is 0.849. The van der Waals surface area contributed by atoms with Crippen molar-refractivity contribution in [2.75, 3.05) is 33.4 Å². The van der Waals surface area contributed by atoms with Gasteiger partial charge in [-0.15, -0.1) is 0 Å². The number of nitrogens with zero attached hydrogens (tertiary/aromatic N) is 2. The van der Waals surface area contributed by atoms with E-state index in [2.05, 4.69) is 4.90 Å². The van der Waals surface area contributed by atoms with Crippen LogP contribution in [0.15, 0.2) is 24.3 Å². The van der Waals surface area contributed by atoms with Gasteiger partial charge in [0.1, 0.15) is 12.4 Å². The van der Waals surface area contributed by atoms with Gasteiger partial charge in [-0.3, -0.25) is 9.69 Å². The SMILES string of the molecule is CN1C(=O)CO[C@@H]2CCN(Cc3ccccc3OCC(=O)O)C[C@@H]21. The number of carboxylic acid groups (broad SMARTS) is 1. The maximum Gasteiger partial charge on any atom is 0.341 e. The normalized spacial score (nSPS) is 24.5. The molecule has 3 rings (SSSR count). The second-order valence-corrected chi connectivity index (χ2v) is 6.24. The Bertz CT molecular complexity index is 621. The summed E-state index contributed by atoms with van der Waals surface area (Å²) in [5, 5.41) is 8.78. The minimum absolute atomic E-state index is 0.0169. The van der Waals surface area contributed by atoms with E-state index in [1.165, 1.54) is 0 Å². The van der Waals surface area contributed by atoms with Gasteiger partial charge in [-0.05, 0) is 12.5 Å². The molecule has 0 radical (unpaired) electrons. The highest BCUT2D eigenvalue weighted by Gasteiger charge is 2.38. The van der Waals surface area contributed by atoms with Crippen LogP contribution in [0.3, 0.4) is 0 Å². The van der Waals surface area contributed by atoms with E-state index in [-0.39, 0.29) is 31.3 Å². The van der Waals surface area contributed by atoms with E-state index in [1.807, 2.05) is 25.2 Å². The van der Waals surface area contributed by atoms with Crippen LogP contribution in [0.4, 0.5) is 0 Å². The Balaban J connectivity index is 1.66. The van der Waals surface area contributed by atoms with E-state index in [9.17, 15) is 9.59 Å². The first-order valence-electron chi connectivity index (χ1n) is 8.06. The van der Waals surface area contributed by atoms with Crippen molar-refractivity contribution in [3.63, 3.8) is 0 Å². The molecule has 0 spiro atoms. The molecule has 1 amide bonds. The smallest absolute Gasteiger partial charge is 0.341 e. The Hall–Kier alpha value is -2.12.